The molecular formula is C23H25ClFN3OS. The van der Waals surface area contributed by atoms with Crippen molar-refractivity contribution in [3.63, 3.8) is 0 Å². The summed E-state index contributed by atoms with van der Waals surface area (Å²) in [6, 6.07) is 14.3. The summed E-state index contributed by atoms with van der Waals surface area (Å²) in [6.45, 7) is 5.53. The second-order valence-corrected chi connectivity index (χ2v) is 11.4. The van der Waals surface area contributed by atoms with Gasteiger partial charge in [-0.15, -0.1) is 0 Å². The van der Waals surface area contributed by atoms with Crippen LogP contribution in [0.15, 0.2) is 58.4 Å². The molecule has 0 spiro atoms. The fourth-order valence-electron chi connectivity index (χ4n) is 5.10. The number of hydrogen-bond donors (Lipinski definition) is 1. The second-order valence-electron chi connectivity index (χ2n) is 9.56. The van der Waals surface area contributed by atoms with Crippen LogP contribution in [0, 0.1) is 11.2 Å². The Balaban J connectivity index is 1.40. The highest BCUT2D eigenvalue weighted by Gasteiger charge is 2.73. The summed E-state index contributed by atoms with van der Waals surface area (Å²) in [5.41, 5.74) is 0.717. The average Bonchev–Trinajstić information content (AvgIpc) is 3.01. The van der Waals surface area contributed by atoms with Crippen LogP contribution < -0.4 is 5.32 Å². The van der Waals surface area contributed by atoms with Crippen LogP contribution in [0.1, 0.15) is 38.7 Å². The predicted molar refractivity (Wildman–Crippen MR) is 118 cm³/mol. The largest absolute Gasteiger partial charge is 0.367 e. The summed E-state index contributed by atoms with van der Waals surface area (Å²) in [5.74, 6) is 0.665. The first-order valence-corrected chi connectivity index (χ1v) is 11.7. The lowest BCUT2D eigenvalue weighted by atomic mass is 9.38. The van der Waals surface area contributed by atoms with Crippen molar-refractivity contribution in [1.29, 1.82) is 0 Å². The van der Waals surface area contributed by atoms with Crippen molar-refractivity contribution in [1.82, 2.24) is 9.62 Å². The average molecular weight is 446 g/mol. The number of hydrogen-bond acceptors (Lipinski definition) is 3. The first-order chi connectivity index (χ1) is 14.2. The summed E-state index contributed by atoms with van der Waals surface area (Å²) in [4.78, 5) is 5.53. The van der Waals surface area contributed by atoms with Gasteiger partial charge < -0.3 is 5.32 Å². The molecule has 1 aliphatic heterocycles. The smallest absolute Gasteiger partial charge is 0.142 e. The molecule has 0 aromatic heterocycles. The van der Waals surface area contributed by atoms with Gasteiger partial charge in [-0.1, -0.05) is 35.9 Å². The number of aliphatic imine (C=N–C) groups is 1. The maximum absolute atomic E-state index is 14.0. The van der Waals surface area contributed by atoms with Crippen LogP contribution in [-0.4, -0.2) is 32.0 Å². The molecule has 2 aromatic rings. The molecule has 3 saturated carbocycles. The number of nitrogens with one attached hydrogen (secondary N) is 1. The number of rotatable bonds is 6. The van der Waals surface area contributed by atoms with Crippen molar-refractivity contribution < 1.29 is 8.60 Å². The van der Waals surface area contributed by atoms with Crippen LogP contribution in [0.3, 0.4) is 0 Å². The zero-order valence-corrected chi connectivity index (χ0v) is 18.7. The molecule has 7 heteroatoms. The molecular weight excluding hydrogens is 421 g/mol. The Morgan fingerprint density at radius 3 is 2.47 bits per heavy atom. The monoisotopic (exact) mass is 445 g/mol. The van der Waals surface area contributed by atoms with Crippen molar-refractivity contribution in [2.24, 2.45) is 10.4 Å². The van der Waals surface area contributed by atoms with Crippen molar-refractivity contribution in [3.05, 3.63) is 64.9 Å². The second kappa shape index (κ2) is 6.87. The van der Waals surface area contributed by atoms with Gasteiger partial charge in [-0.25, -0.2) is 12.9 Å². The molecule has 1 N–H and O–H groups in total. The number of halogens is 2. The van der Waals surface area contributed by atoms with Crippen LogP contribution in [-0.2, 0) is 17.5 Å². The maximum Gasteiger partial charge on any atom is 0.142 e. The van der Waals surface area contributed by atoms with Crippen molar-refractivity contribution in [3.8, 4) is 0 Å². The summed E-state index contributed by atoms with van der Waals surface area (Å²) in [7, 11) is -1.33. The zero-order chi connectivity index (χ0) is 21.1. The Labute approximate surface area is 184 Å². The minimum Gasteiger partial charge on any atom is -0.367 e. The lowest BCUT2D eigenvalue weighted by Gasteiger charge is -2.73. The van der Waals surface area contributed by atoms with Crippen LogP contribution in [0.5, 0.6) is 0 Å². The Bertz CT molecular complexity index is 1040. The maximum atomic E-state index is 14.0. The van der Waals surface area contributed by atoms with Crippen LogP contribution in [0.2, 0.25) is 5.02 Å². The van der Waals surface area contributed by atoms with Crippen LogP contribution >= 0.6 is 11.6 Å². The van der Waals surface area contributed by atoms with E-state index < -0.39 is 16.8 Å². The molecule has 4 nitrogen and oxygen atoms in total. The summed E-state index contributed by atoms with van der Waals surface area (Å²) >= 11 is 5.86. The van der Waals surface area contributed by atoms with Gasteiger partial charge in [0.15, 0.2) is 0 Å². The molecule has 0 radical (unpaired) electrons. The molecule has 1 unspecified atom stereocenters. The van der Waals surface area contributed by atoms with E-state index in [1.807, 2.05) is 40.7 Å². The van der Waals surface area contributed by atoms with Gasteiger partial charge in [0.05, 0.1) is 22.0 Å². The van der Waals surface area contributed by atoms with E-state index in [9.17, 15) is 8.60 Å². The van der Waals surface area contributed by atoms with E-state index in [-0.39, 0.29) is 21.5 Å². The molecule has 1 heterocycles. The Morgan fingerprint density at radius 2 is 1.87 bits per heavy atom. The predicted octanol–water partition coefficient (Wildman–Crippen LogP) is 4.71. The van der Waals surface area contributed by atoms with Crippen molar-refractivity contribution in [2.75, 3.05) is 6.54 Å². The lowest BCUT2D eigenvalue weighted by molar-refractivity contribution is -0.149. The van der Waals surface area contributed by atoms with Crippen LogP contribution in [0.25, 0.3) is 0 Å². The Kier molecular flexibility index (Phi) is 4.62. The van der Waals surface area contributed by atoms with E-state index >= 15 is 0 Å². The number of benzene rings is 2. The first-order valence-electron chi connectivity index (χ1n) is 10.2. The molecule has 0 saturated heterocycles. The molecule has 4 aliphatic rings. The van der Waals surface area contributed by atoms with Gasteiger partial charge >= 0.3 is 0 Å². The standard InChI is InChI=1S/C23H25ClFN3OS/c1-21(2)15-26-20(27-21)22-12-23(13-22,14-22)28(30(29)17-6-4-3-5-7-17)11-16-8-9-18(24)19(25)10-16/h3-10H,11-15H2,1-2H3,(H,26,27). The summed E-state index contributed by atoms with van der Waals surface area (Å²) in [5, 5.41) is 3.69. The van der Waals surface area contributed by atoms with E-state index in [2.05, 4.69) is 19.2 Å². The lowest BCUT2D eigenvalue weighted by Crippen LogP contribution is -2.78. The number of amidine groups is 1. The third kappa shape index (κ3) is 3.20. The van der Waals surface area contributed by atoms with E-state index in [1.54, 1.807) is 6.07 Å². The quantitative estimate of drug-likeness (QED) is 0.700. The van der Waals surface area contributed by atoms with Gasteiger partial charge in [0, 0.05) is 17.5 Å². The molecule has 0 amide bonds. The molecule has 2 bridgehead atoms. The van der Waals surface area contributed by atoms with Crippen molar-refractivity contribution in [2.45, 2.75) is 55.6 Å². The highest BCUT2D eigenvalue weighted by molar-refractivity contribution is 7.82. The van der Waals surface area contributed by atoms with Crippen molar-refractivity contribution >= 4 is 28.4 Å². The molecule has 1 atom stereocenters. The van der Waals surface area contributed by atoms with Gasteiger partial charge in [0.2, 0.25) is 0 Å². The number of nitrogens with zero attached hydrogens (tertiary/aromatic N) is 2. The fraction of sp³-hybridized carbons (Fsp3) is 0.435. The van der Waals surface area contributed by atoms with E-state index in [1.165, 1.54) is 6.07 Å². The summed E-state index contributed by atoms with van der Waals surface area (Å²) in [6.07, 6.45) is 2.78. The minimum absolute atomic E-state index is 0.00526. The summed E-state index contributed by atoms with van der Waals surface area (Å²) < 4.78 is 29.7. The Hall–Kier alpha value is -1.76. The first kappa shape index (κ1) is 20.2. The minimum atomic E-state index is -1.33. The van der Waals surface area contributed by atoms with Gasteiger partial charge in [0.25, 0.3) is 0 Å². The molecule has 3 fully saturated rings. The topological polar surface area (TPSA) is 44.7 Å². The molecule has 2 aromatic carbocycles. The zero-order valence-electron chi connectivity index (χ0n) is 17.1. The normalized spacial score (nSPS) is 29.6. The van der Waals surface area contributed by atoms with E-state index in [0.29, 0.717) is 6.54 Å². The van der Waals surface area contributed by atoms with E-state index in [0.717, 1.165) is 42.1 Å². The Morgan fingerprint density at radius 1 is 1.17 bits per heavy atom. The highest BCUT2D eigenvalue weighted by Crippen LogP contribution is 2.71. The van der Waals surface area contributed by atoms with E-state index in [4.69, 9.17) is 16.6 Å². The SMILES string of the molecule is CC1(C)CN=C(C23CC(N(Cc4ccc(Cl)c(F)c4)S(=O)c4ccccc4)(C2)C3)N1. The molecule has 158 valence electrons. The third-order valence-electron chi connectivity index (χ3n) is 6.58. The van der Waals surface area contributed by atoms with Gasteiger partial charge in [-0.3, -0.25) is 4.99 Å². The molecule has 3 aliphatic carbocycles. The third-order valence-corrected chi connectivity index (χ3v) is 8.48. The van der Waals surface area contributed by atoms with Gasteiger partial charge in [-0.05, 0) is 62.9 Å². The molecule has 30 heavy (non-hydrogen) atoms. The van der Waals surface area contributed by atoms with Gasteiger partial charge in [-0.2, -0.15) is 0 Å². The van der Waals surface area contributed by atoms with Crippen LogP contribution in [0.4, 0.5) is 4.39 Å². The highest BCUT2D eigenvalue weighted by atomic mass is 35.5. The fourth-order valence-corrected chi connectivity index (χ4v) is 6.67. The molecule has 6 rings (SSSR count). The van der Waals surface area contributed by atoms with Gasteiger partial charge in [0.1, 0.15) is 22.6 Å².